The number of nitrogens with zero attached hydrogens (tertiary/aromatic N) is 1. The average Bonchev–Trinajstić information content (AvgIpc) is 2.28. The second kappa shape index (κ2) is 5.46. The van der Waals surface area contributed by atoms with Crippen molar-refractivity contribution in [3.05, 3.63) is 27.7 Å². The van der Waals surface area contributed by atoms with Crippen molar-refractivity contribution < 1.29 is 8.42 Å². The number of halogens is 2. The number of rotatable bonds is 2. The molecule has 1 aliphatic heterocycles. The van der Waals surface area contributed by atoms with Crippen molar-refractivity contribution in [2.45, 2.75) is 17.9 Å². The molecule has 0 radical (unpaired) electrons. The van der Waals surface area contributed by atoms with Gasteiger partial charge in [0.2, 0.25) is 10.0 Å². The van der Waals surface area contributed by atoms with E-state index >= 15 is 0 Å². The van der Waals surface area contributed by atoms with E-state index in [0.29, 0.717) is 24.1 Å². The molecule has 100 valence electrons. The summed E-state index contributed by atoms with van der Waals surface area (Å²) in [5, 5.41) is 3.41. The van der Waals surface area contributed by atoms with Crippen LogP contribution in [-0.2, 0) is 10.0 Å². The van der Waals surface area contributed by atoms with Crippen molar-refractivity contribution >= 4 is 37.6 Å². The Labute approximate surface area is 120 Å². The SMILES string of the molecule is C[C@@H]1CNCCN1S(=O)(=O)c1c(Cl)cccc1Br. The van der Waals surface area contributed by atoms with Gasteiger partial charge in [0.25, 0.3) is 0 Å². The molecule has 0 unspecified atom stereocenters. The van der Waals surface area contributed by atoms with Crippen LogP contribution < -0.4 is 5.32 Å². The van der Waals surface area contributed by atoms with Crippen molar-refractivity contribution in [2.24, 2.45) is 0 Å². The summed E-state index contributed by atoms with van der Waals surface area (Å²) < 4.78 is 27.2. The van der Waals surface area contributed by atoms with Gasteiger partial charge in [-0.2, -0.15) is 4.31 Å². The third-order valence-electron chi connectivity index (χ3n) is 2.93. The lowest BCUT2D eigenvalue weighted by Crippen LogP contribution is -2.52. The minimum absolute atomic E-state index is 0.0769. The van der Waals surface area contributed by atoms with Crippen molar-refractivity contribution in [1.82, 2.24) is 9.62 Å². The summed E-state index contributed by atoms with van der Waals surface area (Å²) in [6, 6.07) is 4.91. The molecule has 0 spiro atoms. The standard InChI is InChI=1S/C11H14BrClN2O2S/c1-8-7-14-5-6-15(8)18(16,17)11-9(12)3-2-4-10(11)13/h2-4,8,14H,5-7H2,1H3/t8-/m1/s1. The molecule has 7 heteroatoms. The van der Waals surface area contributed by atoms with E-state index in [9.17, 15) is 8.42 Å². The Morgan fingerprint density at radius 3 is 2.83 bits per heavy atom. The lowest BCUT2D eigenvalue weighted by atomic mass is 10.3. The lowest BCUT2D eigenvalue weighted by Gasteiger charge is -2.33. The average molecular weight is 354 g/mol. The van der Waals surface area contributed by atoms with Crippen molar-refractivity contribution in [2.75, 3.05) is 19.6 Å². The van der Waals surface area contributed by atoms with E-state index in [-0.39, 0.29) is 16.0 Å². The van der Waals surface area contributed by atoms with E-state index in [1.54, 1.807) is 18.2 Å². The Kier molecular flexibility index (Phi) is 4.33. The molecule has 1 heterocycles. The highest BCUT2D eigenvalue weighted by Crippen LogP contribution is 2.32. The first kappa shape index (κ1) is 14.3. The molecule has 1 aliphatic rings. The first-order valence-corrected chi connectivity index (χ1v) is 8.22. The zero-order valence-electron chi connectivity index (χ0n) is 9.86. The second-order valence-corrected chi connectivity index (χ2v) is 7.31. The first-order valence-electron chi connectivity index (χ1n) is 5.61. The summed E-state index contributed by atoms with van der Waals surface area (Å²) in [5.41, 5.74) is 0. The molecule has 0 amide bonds. The van der Waals surface area contributed by atoms with Crippen LogP contribution in [0.25, 0.3) is 0 Å². The van der Waals surface area contributed by atoms with Gasteiger partial charge in [-0.1, -0.05) is 17.7 Å². The molecular weight excluding hydrogens is 340 g/mol. The van der Waals surface area contributed by atoms with Crippen molar-refractivity contribution in [3.63, 3.8) is 0 Å². The molecule has 0 aliphatic carbocycles. The highest BCUT2D eigenvalue weighted by molar-refractivity contribution is 9.10. The third-order valence-corrected chi connectivity index (χ3v) is 6.39. The predicted molar refractivity (Wildman–Crippen MR) is 75.4 cm³/mol. The van der Waals surface area contributed by atoms with E-state index < -0.39 is 10.0 Å². The molecule has 18 heavy (non-hydrogen) atoms. The zero-order valence-corrected chi connectivity index (χ0v) is 13.0. The van der Waals surface area contributed by atoms with Crippen LogP contribution in [0, 0.1) is 0 Å². The van der Waals surface area contributed by atoms with Crippen LogP contribution in [0.15, 0.2) is 27.6 Å². The number of hydrogen-bond donors (Lipinski definition) is 1. The van der Waals surface area contributed by atoms with E-state index in [1.165, 1.54) is 4.31 Å². The Balaban J connectivity index is 2.48. The fourth-order valence-corrected chi connectivity index (χ4v) is 5.33. The molecule has 0 aromatic heterocycles. The van der Waals surface area contributed by atoms with Gasteiger partial charge in [0.1, 0.15) is 4.90 Å². The minimum atomic E-state index is -3.56. The Hall–Kier alpha value is -0.140. The molecule has 2 rings (SSSR count). The first-order chi connectivity index (χ1) is 8.44. The fourth-order valence-electron chi connectivity index (χ4n) is 2.03. The fraction of sp³-hybridized carbons (Fsp3) is 0.455. The van der Waals surface area contributed by atoms with Gasteiger partial charge in [-0.3, -0.25) is 0 Å². The monoisotopic (exact) mass is 352 g/mol. The largest absolute Gasteiger partial charge is 0.314 e. The summed E-state index contributed by atoms with van der Waals surface area (Å²) in [7, 11) is -3.56. The lowest BCUT2D eigenvalue weighted by molar-refractivity contribution is 0.284. The predicted octanol–water partition coefficient (Wildman–Crippen LogP) is 2.08. The van der Waals surface area contributed by atoms with Gasteiger partial charge in [0.15, 0.2) is 0 Å². The number of nitrogens with one attached hydrogen (secondary N) is 1. The third kappa shape index (κ3) is 2.58. The molecule has 0 saturated carbocycles. The summed E-state index contributed by atoms with van der Waals surface area (Å²) in [6.07, 6.45) is 0. The summed E-state index contributed by atoms with van der Waals surface area (Å²) in [5.74, 6) is 0. The van der Waals surface area contributed by atoms with Crippen LogP contribution in [0.1, 0.15) is 6.92 Å². The van der Waals surface area contributed by atoms with Gasteiger partial charge in [-0.25, -0.2) is 8.42 Å². The van der Waals surface area contributed by atoms with Crippen molar-refractivity contribution in [3.8, 4) is 0 Å². The topological polar surface area (TPSA) is 49.4 Å². The smallest absolute Gasteiger partial charge is 0.246 e. The van der Waals surface area contributed by atoms with Gasteiger partial charge < -0.3 is 5.32 Å². The van der Waals surface area contributed by atoms with E-state index in [1.807, 2.05) is 6.92 Å². The van der Waals surface area contributed by atoms with Gasteiger partial charge in [-0.15, -0.1) is 0 Å². The van der Waals surface area contributed by atoms with Crippen LogP contribution in [0.3, 0.4) is 0 Å². The summed E-state index contributed by atoms with van der Waals surface area (Å²) >= 11 is 9.29. The summed E-state index contributed by atoms with van der Waals surface area (Å²) in [6.45, 7) is 3.66. The van der Waals surface area contributed by atoms with E-state index in [4.69, 9.17) is 11.6 Å². The van der Waals surface area contributed by atoms with Gasteiger partial charge in [0, 0.05) is 30.1 Å². The summed E-state index contributed by atoms with van der Waals surface area (Å²) in [4.78, 5) is 0.153. The highest BCUT2D eigenvalue weighted by Gasteiger charge is 2.33. The molecule has 0 bridgehead atoms. The van der Waals surface area contributed by atoms with Crippen molar-refractivity contribution in [1.29, 1.82) is 0 Å². The van der Waals surface area contributed by atoms with E-state index in [0.717, 1.165) is 0 Å². The number of piperazine rings is 1. The number of hydrogen-bond acceptors (Lipinski definition) is 3. The second-order valence-electron chi connectivity index (χ2n) is 4.22. The molecule has 1 N–H and O–H groups in total. The van der Waals surface area contributed by atoms with E-state index in [2.05, 4.69) is 21.2 Å². The normalized spacial score (nSPS) is 22.1. The van der Waals surface area contributed by atoms with Crippen LogP contribution in [0.2, 0.25) is 5.02 Å². The maximum absolute atomic E-state index is 12.6. The minimum Gasteiger partial charge on any atom is -0.314 e. The highest BCUT2D eigenvalue weighted by atomic mass is 79.9. The van der Waals surface area contributed by atoms with Crippen LogP contribution >= 0.6 is 27.5 Å². The van der Waals surface area contributed by atoms with Crippen LogP contribution in [0.4, 0.5) is 0 Å². The molecule has 1 aromatic carbocycles. The molecular formula is C11H14BrClN2O2S. The molecule has 1 atom stereocenters. The maximum atomic E-state index is 12.6. The number of benzene rings is 1. The quantitative estimate of drug-likeness (QED) is 0.885. The Bertz CT molecular complexity index is 530. The molecule has 1 fully saturated rings. The molecule has 1 aromatic rings. The Morgan fingerprint density at radius 1 is 1.50 bits per heavy atom. The number of sulfonamides is 1. The van der Waals surface area contributed by atoms with Gasteiger partial charge >= 0.3 is 0 Å². The van der Waals surface area contributed by atoms with Crippen LogP contribution in [-0.4, -0.2) is 38.4 Å². The van der Waals surface area contributed by atoms with Gasteiger partial charge in [-0.05, 0) is 35.0 Å². The Morgan fingerprint density at radius 2 is 2.22 bits per heavy atom. The molecule has 1 saturated heterocycles. The molecule has 4 nitrogen and oxygen atoms in total. The van der Waals surface area contributed by atoms with Gasteiger partial charge in [0.05, 0.1) is 5.02 Å². The van der Waals surface area contributed by atoms with Crippen LogP contribution in [0.5, 0.6) is 0 Å². The maximum Gasteiger partial charge on any atom is 0.246 e. The zero-order chi connectivity index (χ0) is 13.3.